The molecule has 20 heavy (non-hydrogen) atoms. The van der Waals surface area contributed by atoms with E-state index in [1.807, 2.05) is 36.4 Å². The molecule has 0 N–H and O–H groups in total. The van der Waals surface area contributed by atoms with E-state index < -0.39 is 0 Å². The molecule has 0 saturated heterocycles. The Labute approximate surface area is 127 Å². The van der Waals surface area contributed by atoms with Crippen LogP contribution in [0.3, 0.4) is 0 Å². The lowest BCUT2D eigenvalue weighted by atomic mass is 10.0. The second-order valence-electron chi connectivity index (χ2n) is 4.76. The molecule has 0 amide bonds. The van der Waals surface area contributed by atoms with Crippen LogP contribution in [0.15, 0.2) is 60.7 Å². The molecule has 0 radical (unpaired) electrons. The van der Waals surface area contributed by atoms with Crippen molar-refractivity contribution in [1.82, 2.24) is 0 Å². The van der Waals surface area contributed by atoms with Gasteiger partial charge in [-0.3, -0.25) is 0 Å². The summed E-state index contributed by atoms with van der Waals surface area (Å²) in [5.74, 6) is 0. The van der Waals surface area contributed by atoms with E-state index in [1.54, 1.807) is 0 Å². The van der Waals surface area contributed by atoms with Crippen LogP contribution >= 0.6 is 15.9 Å². The lowest BCUT2D eigenvalue weighted by Gasteiger charge is -2.05. The number of benzene rings is 2. The third kappa shape index (κ3) is 2.11. The van der Waals surface area contributed by atoms with Gasteiger partial charge in [-0.05, 0) is 46.0 Å². The summed E-state index contributed by atoms with van der Waals surface area (Å²) in [7, 11) is 0. The van der Waals surface area contributed by atoms with Crippen LogP contribution in [0, 0.1) is 11.3 Å². The average molecular weight is 322 g/mol. The van der Waals surface area contributed by atoms with E-state index in [9.17, 15) is 0 Å². The largest absolute Gasteiger partial charge is 0.192 e. The van der Waals surface area contributed by atoms with Crippen molar-refractivity contribution in [2.75, 3.05) is 0 Å². The molecule has 2 aromatic rings. The molecule has 0 aromatic heterocycles. The number of hydrogen-bond donors (Lipinski definition) is 0. The molecule has 0 spiro atoms. The third-order valence-corrected chi connectivity index (χ3v) is 4.53. The molecule has 1 nitrogen and oxygen atoms in total. The van der Waals surface area contributed by atoms with E-state index in [1.165, 1.54) is 16.7 Å². The molecule has 0 fully saturated rings. The van der Waals surface area contributed by atoms with Crippen molar-refractivity contribution in [1.29, 1.82) is 5.26 Å². The summed E-state index contributed by atoms with van der Waals surface area (Å²) in [4.78, 5) is 0.182. The lowest BCUT2D eigenvalue weighted by molar-refractivity contribution is 1.26. The Kier molecular flexibility index (Phi) is 3.30. The smallest absolute Gasteiger partial charge is 0.0991 e. The topological polar surface area (TPSA) is 23.8 Å². The molecule has 0 heterocycles. The molecule has 1 aliphatic carbocycles. The van der Waals surface area contributed by atoms with Gasteiger partial charge in [-0.25, -0.2) is 0 Å². The Bertz CT molecular complexity index is 748. The summed E-state index contributed by atoms with van der Waals surface area (Å²) >= 11 is 3.75. The summed E-state index contributed by atoms with van der Waals surface area (Å²) in [6, 6.07) is 18.0. The van der Waals surface area contributed by atoms with E-state index in [0.29, 0.717) is 5.56 Å². The first-order valence-corrected chi connectivity index (χ1v) is 7.26. The van der Waals surface area contributed by atoms with Crippen LogP contribution in [-0.2, 0) is 0 Å². The Balaban J connectivity index is 2.01. The predicted octanol–water partition coefficient (Wildman–Crippen LogP) is 5.10. The maximum Gasteiger partial charge on any atom is 0.0991 e. The number of fused-ring (bicyclic) bond motifs is 1. The zero-order valence-corrected chi connectivity index (χ0v) is 12.4. The van der Waals surface area contributed by atoms with Gasteiger partial charge >= 0.3 is 0 Å². The Morgan fingerprint density at radius 3 is 2.45 bits per heavy atom. The van der Waals surface area contributed by atoms with Crippen molar-refractivity contribution in [3.63, 3.8) is 0 Å². The van der Waals surface area contributed by atoms with Gasteiger partial charge in [0.25, 0.3) is 0 Å². The molecule has 0 aliphatic heterocycles. The fourth-order valence-corrected chi connectivity index (χ4v) is 3.27. The van der Waals surface area contributed by atoms with Gasteiger partial charge in [-0.2, -0.15) is 5.26 Å². The van der Waals surface area contributed by atoms with Gasteiger partial charge in [-0.1, -0.05) is 58.9 Å². The quantitative estimate of drug-likeness (QED) is 0.670. The number of nitrogens with zero attached hydrogens (tertiary/aromatic N) is 1. The van der Waals surface area contributed by atoms with Crippen LogP contribution in [0.25, 0.3) is 11.6 Å². The number of rotatable bonds is 1. The highest BCUT2D eigenvalue weighted by Crippen LogP contribution is 2.48. The van der Waals surface area contributed by atoms with Crippen LogP contribution in [0.5, 0.6) is 0 Å². The number of hydrogen-bond acceptors (Lipinski definition) is 1. The third-order valence-electron chi connectivity index (χ3n) is 3.54. The Morgan fingerprint density at radius 2 is 1.80 bits per heavy atom. The van der Waals surface area contributed by atoms with Gasteiger partial charge in [0.2, 0.25) is 0 Å². The zero-order valence-electron chi connectivity index (χ0n) is 10.8. The first-order valence-electron chi connectivity index (χ1n) is 6.35. The molecule has 96 valence electrons. The van der Waals surface area contributed by atoms with Crippen LogP contribution in [0.1, 0.15) is 27.1 Å². The highest BCUT2D eigenvalue weighted by atomic mass is 79.9. The Morgan fingerprint density at radius 1 is 1.10 bits per heavy atom. The molecule has 2 heteroatoms. The fourth-order valence-electron chi connectivity index (χ4n) is 2.46. The Hall–Kier alpha value is -2.11. The van der Waals surface area contributed by atoms with E-state index in [2.05, 4.69) is 46.8 Å². The highest BCUT2D eigenvalue weighted by Gasteiger charge is 2.27. The van der Waals surface area contributed by atoms with Crippen molar-refractivity contribution in [2.45, 2.75) is 4.83 Å². The molecule has 2 aromatic carbocycles. The first-order chi connectivity index (χ1) is 9.70. The van der Waals surface area contributed by atoms with Crippen molar-refractivity contribution in [3.05, 3.63) is 82.9 Å². The standard InChI is InChI=1S/C18H12BrN/c1-12-15-4-2-3-5-16(15)18(19)17(12)10-13-6-8-14(11-20)9-7-13/h2-10,18H,1H2/b17-10-. The van der Waals surface area contributed by atoms with Crippen LogP contribution in [0.2, 0.25) is 0 Å². The van der Waals surface area contributed by atoms with E-state index in [4.69, 9.17) is 5.26 Å². The van der Waals surface area contributed by atoms with Crippen LogP contribution < -0.4 is 0 Å². The second kappa shape index (κ2) is 5.11. The monoisotopic (exact) mass is 321 g/mol. The lowest BCUT2D eigenvalue weighted by Crippen LogP contribution is -1.85. The van der Waals surface area contributed by atoms with Gasteiger partial charge in [0, 0.05) is 0 Å². The summed E-state index contributed by atoms with van der Waals surface area (Å²) in [5, 5.41) is 8.83. The maximum absolute atomic E-state index is 8.83. The zero-order chi connectivity index (χ0) is 14.1. The first kappa shape index (κ1) is 12.9. The number of halogens is 1. The SMILES string of the molecule is C=C1/C(=C/c2ccc(C#N)cc2)C(Br)c2ccccc21. The van der Waals surface area contributed by atoms with E-state index in [-0.39, 0.29) is 4.83 Å². The predicted molar refractivity (Wildman–Crippen MR) is 86.3 cm³/mol. The minimum Gasteiger partial charge on any atom is -0.192 e. The minimum atomic E-state index is 0.182. The number of allylic oxidation sites excluding steroid dienone is 2. The molecule has 0 saturated carbocycles. The highest BCUT2D eigenvalue weighted by molar-refractivity contribution is 9.09. The van der Waals surface area contributed by atoms with Crippen molar-refractivity contribution in [3.8, 4) is 6.07 Å². The van der Waals surface area contributed by atoms with Crippen LogP contribution in [-0.4, -0.2) is 0 Å². The molecule has 1 unspecified atom stereocenters. The average Bonchev–Trinajstić information content (AvgIpc) is 2.74. The van der Waals surface area contributed by atoms with Crippen LogP contribution in [0.4, 0.5) is 0 Å². The molecule has 1 aliphatic rings. The summed E-state index contributed by atoms with van der Waals surface area (Å²) in [6.45, 7) is 4.21. The minimum absolute atomic E-state index is 0.182. The number of nitriles is 1. The maximum atomic E-state index is 8.83. The summed E-state index contributed by atoms with van der Waals surface area (Å²) < 4.78 is 0. The second-order valence-corrected chi connectivity index (χ2v) is 5.68. The summed E-state index contributed by atoms with van der Waals surface area (Å²) in [6.07, 6.45) is 2.13. The molecule has 3 rings (SSSR count). The van der Waals surface area contributed by atoms with Gasteiger partial charge in [0.15, 0.2) is 0 Å². The van der Waals surface area contributed by atoms with E-state index >= 15 is 0 Å². The van der Waals surface area contributed by atoms with Crippen molar-refractivity contribution >= 4 is 27.6 Å². The van der Waals surface area contributed by atoms with Gasteiger partial charge < -0.3 is 0 Å². The fraction of sp³-hybridized carbons (Fsp3) is 0.0556. The normalized spacial score (nSPS) is 18.9. The van der Waals surface area contributed by atoms with Gasteiger partial charge in [0.1, 0.15) is 0 Å². The number of alkyl halides is 1. The van der Waals surface area contributed by atoms with Crippen molar-refractivity contribution < 1.29 is 0 Å². The molecule has 1 atom stereocenters. The van der Waals surface area contributed by atoms with Gasteiger partial charge in [-0.15, -0.1) is 0 Å². The van der Waals surface area contributed by atoms with Gasteiger partial charge in [0.05, 0.1) is 16.5 Å². The van der Waals surface area contributed by atoms with E-state index in [0.717, 1.165) is 11.1 Å². The van der Waals surface area contributed by atoms with Crippen molar-refractivity contribution in [2.24, 2.45) is 0 Å². The molecular weight excluding hydrogens is 310 g/mol. The summed E-state index contributed by atoms with van der Waals surface area (Å²) in [5.41, 5.74) is 6.46. The molecule has 0 bridgehead atoms. The molecular formula is C18H12BrN.